The van der Waals surface area contributed by atoms with Crippen LogP contribution >= 0.6 is 0 Å². The number of nitro benzene ring substituents is 1. The molecule has 2 aromatic rings. The summed E-state index contributed by atoms with van der Waals surface area (Å²) in [7, 11) is 0. The van der Waals surface area contributed by atoms with Crippen molar-refractivity contribution in [1.29, 1.82) is 0 Å². The van der Waals surface area contributed by atoms with E-state index in [9.17, 15) is 14.9 Å². The summed E-state index contributed by atoms with van der Waals surface area (Å²) in [5.74, 6) is 0.348. The van der Waals surface area contributed by atoms with Gasteiger partial charge in [-0.1, -0.05) is 6.07 Å². The Kier molecular flexibility index (Phi) is 3.19. The Bertz CT molecular complexity index is 969. The van der Waals surface area contributed by atoms with Gasteiger partial charge in [0.15, 0.2) is 11.5 Å². The van der Waals surface area contributed by atoms with Crippen molar-refractivity contribution in [3.8, 4) is 11.5 Å². The molecule has 0 aromatic heterocycles. The van der Waals surface area contributed by atoms with E-state index in [4.69, 9.17) is 9.47 Å². The molecule has 0 saturated heterocycles. The molecule has 0 spiro atoms. The number of nitro groups is 1. The van der Waals surface area contributed by atoms with Crippen LogP contribution in [0.15, 0.2) is 24.3 Å². The normalized spacial score (nSPS) is 19.7. The number of anilines is 1. The fourth-order valence-corrected chi connectivity index (χ4v) is 4.20. The average Bonchev–Trinajstić information content (AvgIpc) is 3.26. The molecule has 1 N–H and O–H groups in total. The third-order valence-corrected chi connectivity index (χ3v) is 5.40. The van der Waals surface area contributed by atoms with E-state index in [2.05, 4.69) is 11.4 Å². The lowest BCUT2D eigenvalue weighted by molar-refractivity contribution is -0.385. The second-order valence-electron chi connectivity index (χ2n) is 6.89. The number of rotatable bonds is 2. The zero-order chi connectivity index (χ0) is 17.8. The maximum Gasteiger partial charge on any atom is 0.277 e. The standard InChI is InChI=1S/C19H16N2O5/c22-19-7-12(13-4-10-2-1-3-11(10)5-15(13)20-19)14-6-17-18(26-9-25-17)8-16(14)21(23)24/h4-6,8,12H,1-3,7,9H2,(H,20,22). The van der Waals surface area contributed by atoms with Crippen molar-refractivity contribution in [2.45, 2.75) is 31.6 Å². The minimum absolute atomic E-state index is 0.0413. The van der Waals surface area contributed by atoms with Crippen LogP contribution in [0, 0.1) is 10.1 Å². The molecule has 2 aliphatic heterocycles. The first-order valence-corrected chi connectivity index (χ1v) is 8.63. The number of carbonyl (C=O) groups is 1. The minimum atomic E-state index is -0.420. The van der Waals surface area contributed by atoms with Crippen molar-refractivity contribution in [3.05, 3.63) is 56.6 Å². The van der Waals surface area contributed by atoms with Crippen LogP contribution < -0.4 is 14.8 Å². The highest BCUT2D eigenvalue weighted by Gasteiger charge is 2.34. The van der Waals surface area contributed by atoms with E-state index in [-0.39, 0.29) is 30.7 Å². The average molecular weight is 352 g/mol. The first kappa shape index (κ1) is 15.2. The van der Waals surface area contributed by atoms with Crippen molar-refractivity contribution in [2.75, 3.05) is 12.1 Å². The second-order valence-corrected chi connectivity index (χ2v) is 6.89. The number of hydrogen-bond donors (Lipinski definition) is 1. The number of nitrogens with zero attached hydrogens (tertiary/aromatic N) is 1. The fourth-order valence-electron chi connectivity index (χ4n) is 4.20. The monoisotopic (exact) mass is 352 g/mol. The fraction of sp³-hybridized carbons (Fsp3) is 0.316. The molecule has 7 nitrogen and oxygen atoms in total. The number of hydrogen-bond acceptors (Lipinski definition) is 5. The van der Waals surface area contributed by atoms with Crippen LogP contribution in [-0.2, 0) is 17.6 Å². The molecular formula is C19H16N2O5. The Morgan fingerprint density at radius 3 is 2.54 bits per heavy atom. The van der Waals surface area contributed by atoms with Crippen LogP contribution in [0.4, 0.5) is 11.4 Å². The highest BCUT2D eigenvalue weighted by Crippen LogP contribution is 2.47. The minimum Gasteiger partial charge on any atom is -0.454 e. The molecule has 1 atom stereocenters. The zero-order valence-corrected chi connectivity index (χ0v) is 13.9. The first-order valence-electron chi connectivity index (χ1n) is 8.63. The topological polar surface area (TPSA) is 90.7 Å². The number of aryl methyl sites for hydroxylation is 2. The summed E-state index contributed by atoms with van der Waals surface area (Å²) in [6, 6.07) is 7.19. The van der Waals surface area contributed by atoms with Crippen LogP contribution in [0.5, 0.6) is 11.5 Å². The van der Waals surface area contributed by atoms with Gasteiger partial charge >= 0.3 is 0 Å². The van der Waals surface area contributed by atoms with Gasteiger partial charge in [0.25, 0.3) is 5.69 Å². The number of ether oxygens (including phenoxy) is 2. The first-order chi connectivity index (χ1) is 12.6. The van der Waals surface area contributed by atoms with Gasteiger partial charge in [-0.3, -0.25) is 14.9 Å². The van der Waals surface area contributed by atoms with Crippen LogP contribution in [0.1, 0.15) is 41.0 Å². The van der Waals surface area contributed by atoms with Gasteiger partial charge in [0, 0.05) is 23.6 Å². The third kappa shape index (κ3) is 2.23. The van der Waals surface area contributed by atoms with Gasteiger partial charge in [-0.15, -0.1) is 0 Å². The van der Waals surface area contributed by atoms with E-state index < -0.39 is 4.92 Å². The number of fused-ring (bicyclic) bond motifs is 3. The Morgan fingerprint density at radius 2 is 1.77 bits per heavy atom. The van der Waals surface area contributed by atoms with Crippen LogP contribution in [-0.4, -0.2) is 17.6 Å². The summed E-state index contributed by atoms with van der Waals surface area (Å²) in [4.78, 5) is 23.5. The van der Waals surface area contributed by atoms with Gasteiger partial charge in [0.1, 0.15) is 0 Å². The molecule has 2 heterocycles. The molecule has 1 unspecified atom stereocenters. The molecule has 0 bridgehead atoms. The molecule has 132 valence electrons. The summed E-state index contributed by atoms with van der Waals surface area (Å²) < 4.78 is 10.7. The van der Waals surface area contributed by atoms with E-state index in [1.807, 2.05) is 6.07 Å². The lowest BCUT2D eigenvalue weighted by Gasteiger charge is -2.27. The molecule has 3 aliphatic rings. The molecule has 1 amide bonds. The van der Waals surface area contributed by atoms with Crippen molar-refractivity contribution < 1.29 is 19.2 Å². The molecular weight excluding hydrogens is 336 g/mol. The molecule has 7 heteroatoms. The summed E-state index contributed by atoms with van der Waals surface area (Å²) in [5.41, 5.74) is 4.68. The maximum atomic E-state index is 12.3. The molecule has 0 saturated carbocycles. The third-order valence-electron chi connectivity index (χ3n) is 5.40. The van der Waals surface area contributed by atoms with Crippen LogP contribution in [0.25, 0.3) is 0 Å². The van der Waals surface area contributed by atoms with E-state index in [1.165, 1.54) is 17.2 Å². The summed E-state index contributed by atoms with van der Waals surface area (Å²) in [6.45, 7) is 0.0468. The van der Waals surface area contributed by atoms with Gasteiger partial charge in [-0.25, -0.2) is 0 Å². The number of amides is 1. The van der Waals surface area contributed by atoms with Crippen molar-refractivity contribution in [3.63, 3.8) is 0 Å². The largest absolute Gasteiger partial charge is 0.454 e. The molecule has 0 radical (unpaired) electrons. The van der Waals surface area contributed by atoms with E-state index in [0.29, 0.717) is 17.1 Å². The molecule has 1 aliphatic carbocycles. The van der Waals surface area contributed by atoms with Gasteiger partial charge in [-0.05, 0) is 48.1 Å². The lowest BCUT2D eigenvalue weighted by Crippen LogP contribution is -2.24. The number of benzene rings is 2. The van der Waals surface area contributed by atoms with Crippen LogP contribution in [0.2, 0.25) is 0 Å². The predicted octanol–water partition coefficient (Wildman–Crippen LogP) is 3.29. The summed E-state index contributed by atoms with van der Waals surface area (Å²) in [6.07, 6.45) is 3.28. The summed E-state index contributed by atoms with van der Waals surface area (Å²) in [5, 5.41) is 14.6. The molecule has 26 heavy (non-hydrogen) atoms. The second kappa shape index (κ2) is 5.45. The Morgan fingerprint density at radius 1 is 1.04 bits per heavy atom. The van der Waals surface area contributed by atoms with Crippen molar-refractivity contribution in [1.82, 2.24) is 0 Å². The highest BCUT2D eigenvalue weighted by molar-refractivity contribution is 5.96. The molecule has 0 fully saturated rings. The van der Waals surface area contributed by atoms with Crippen LogP contribution in [0.3, 0.4) is 0 Å². The Balaban J connectivity index is 1.70. The van der Waals surface area contributed by atoms with E-state index >= 15 is 0 Å². The Hall–Kier alpha value is -3.09. The number of nitrogens with one attached hydrogen (secondary N) is 1. The quantitative estimate of drug-likeness (QED) is 0.661. The zero-order valence-electron chi connectivity index (χ0n) is 13.9. The summed E-state index contributed by atoms with van der Waals surface area (Å²) >= 11 is 0. The van der Waals surface area contributed by atoms with Gasteiger partial charge < -0.3 is 14.8 Å². The number of carbonyl (C=O) groups excluding carboxylic acids is 1. The van der Waals surface area contributed by atoms with Gasteiger partial charge in [0.2, 0.25) is 12.7 Å². The Labute approximate surface area is 149 Å². The maximum absolute atomic E-state index is 12.3. The van der Waals surface area contributed by atoms with Crippen molar-refractivity contribution in [2.24, 2.45) is 0 Å². The van der Waals surface area contributed by atoms with E-state index in [1.54, 1.807) is 6.07 Å². The lowest BCUT2D eigenvalue weighted by atomic mass is 9.82. The smallest absolute Gasteiger partial charge is 0.277 e. The SMILES string of the molecule is O=C1CC(c2cc3c(cc2[N+](=O)[O-])OCO3)c2cc3c(cc2N1)CCC3. The van der Waals surface area contributed by atoms with E-state index in [0.717, 1.165) is 30.5 Å². The molecule has 5 rings (SSSR count). The molecule has 2 aromatic carbocycles. The predicted molar refractivity (Wildman–Crippen MR) is 92.8 cm³/mol. The highest BCUT2D eigenvalue weighted by atomic mass is 16.7. The van der Waals surface area contributed by atoms with Crippen molar-refractivity contribution >= 4 is 17.3 Å². The van der Waals surface area contributed by atoms with Gasteiger partial charge in [-0.2, -0.15) is 0 Å². The van der Waals surface area contributed by atoms with Gasteiger partial charge in [0.05, 0.1) is 11.0 Å².